The molecule has 15 heavy (non-hydrogen) atoms. The Morgan fingerprint density at radius 1 is 1.47 bits per heavy atom. The van der Waals surface area contributed by atoms with Crippen molar-refractivity contribution in [3.63, 3.8) is 0 Å². The van der Waals surface area contributed by atoms with Gasteiger partial charge in [-0.2, -0.15) is 8.42 Å². The van der Waals surface area contributed by atoms with Gasteiger partial charge < -0.3 is 5.11 Å². The highest BCUT2D eigenvalue weighted by Crippen LogP contribution is 2.19. The number of carboxylic acid groups (broad SMARTS) is 1. The fraction of sp³-hybridized carbons (Fsp3) is 0.400. The molecule has 1 atom stereocenters. The first-order valence-corrected chi connectivity index (χ1v) is 4.98. The summed E-state index contributed by atoms with van der Waals surface area (Å²) < 4.78 is 29.7. The van der Waals surface area contributed by atoms with Gasteiger partial charge in [0.15, 0.2) is 5.25 Å². The van der Waals surface area contributed by atoms with Gasteiger partial charge >= 0.3 is 6.16 Å². The predicted octanol–water partition coefficient (Wildman–Crippen LogP) is -1.39. The van der Waals surface area contributed by atoms with Crippen LogP contribution in [0.4, 0.5) is 4.79 Å². The van der Waals surface area contributed by atoms with E-state index in [-0.39, 0.29) is 5.06 Å². The van der Waals surface area contributed by atoms with E-state index in [1.54, 1.807) is 0 Å². The number of carbonyl (C=O) groups is 3. The average Bonchev–Trinajstić information content (AvgIpc) is 2.30. The average molecular weight is 239 g/mol. The monoisotopic (exact) mass is 239 g/mol. The lowest BCUT2D eigenvalue weighted by atomic mass is 10.4. The highest BCUT2D eigenvalue weighted by atomic mass is 32.2. The van der Waals surface area contributed by atoms with Crippen molar-refractivity contribution in [1.29, 1.82) is 0 Å². The minimum Gasteiger partial charge on any atom is -0.448 e. The number of carbonyl (C=O) groups excluding carboxylic acids is 2. The fourth-order valence-electron chi connectivity index (χ4n) is 0.989. The molecule has 84 valence electrons. The van der Waals surface area contributed by atoms with Crippen LogP contribution in [0.25, 0.3) is 0 Å². The van der Waals surface area contributed by atoms with Gasteiger partial charge in [-0.25, -0.2) is 4.79 Å². The van der Waals surface area contributed by atoms with E-state index in [1.807, 2.05) is 0 Å². The highest BCUT2D eigenvalue weighted by Gasteiger charge is 2.48. The van der Waals surface area contributed by atoms with E-state index < -0.39 is 39.8 Å². The minimum atomic E-state index is -4.74. The Morgan fingerprint density at radius 3 is 2.33 bits per heavy atom. The highest BCUT2D eigenvalue weighted by molar-refractivity contribution is 7.87. The number of hydrogen-bond donors (Lipinski definition) is 2. The maximum atomic E-state index is 11.1. The molecular weight excluding hydrogens is 234 g/mol. The third-order valence-corrected chi connectivity index (χ3v) is 2.68. The Bertz CT molecular complexity index is 424. The van der Waals surface area contributed by atoms with Gasteiger partial charge in [-0.05, 0) is 0 Å². The van der Waals surface area contributed by atoms with Gasteiger partial charge in [0.25, 0.3) is 21.9 Å². The molecule has 0 aromatic heterocycles. The van der Waals surface area contributed by atoms with Crippen LogP contribution in [0.2, 0.25) is 0 Å². The Hall–Kier alpha value is -1.68. The van der Waals surface area contributed by atoms with E-state index in [1.165, 1.54) is 0 Å². The number of hydrogen-bond acceptors (Lipinski definition) is 6. The molecule has 0 radical (unpaired) electrons. The third-order valence-electron chi connectivity index (χ3n) is 1.59. The molecule has 9 nitrogen and oxygen atoms in total. The second kappa shape index (κ2) is 3.47. The molecule has 0 aromatic carbocycles. The molecule has 1 saturated heterocycles. The number of nitrogens with zero attached hydrogens (tertiary/aromatic N) is 1. The van der Waals surface area contributed by atoms with Gasteiger partial charge in [-0.3, -0.25) is 19.0 Å². The van der Waals surface area contributed by atoms with Crippen LogP contribution < -0.4 is 0 Å². The van der Waals surface area contributed by atoms with E-state index in [0.717, 1.165) is 0 Å². The maximum absolute atomic E-state index is 11.1. The van der Waals surface area contributed by atoms with Gasteiger partial charge in [0.2, 0.25) is 0 Å². The van der Waals surface area contributed by atoms with Crippen molar-refractivity contribution in [2.75, 3.05) is 0 Å². The van der Waals surface area contributed by atoms with Crippen LogP contribution in [0, 0.1) is 0 Å². The molecule has 0 aliphatic carbocycles. The van der Waals surface area contributed by atoms with Crippen LogP contribution in [0.1, 0.15) is 6.42 Å². The van der Waals surface area contributed by atoms with Crippen LogP contribution in [-0.2, 0) is 24.5 Å². The second-order valence-corrected chi connectivity index (χ2v) is 4.19. The van der Waals surface area contributed by atoms with Crippen molar-refractivity contribution in [1.82, 2.24) is 5.06 Å². The van der Waals surface area contributed by atoms with Crippen molar-refractivity contribution in [3.05, 3.63) is 0 Å². The zero-order valence-electron chi connectivity index (χ0n) is 6.98. The molecule has 2 N–H and O–H groups in total. The van der Waals surface area contributed by atoms with E-state index in [9.17, 15) is 22.8 Å². The Morgan fingerprint density at radius 2 is 2.00 bits per heavy atom. The number of rotatable bonds is 2. The van der Waals surface area contributed by atoms with Crippen molar-refractivity contribution < 1.29 is 37.3 Å². The summed E-state index contributed by atoms with van der Waals surface area (Å²) in [4.78, 5) is 35.8. The van der Waals surface area contributed by atoms with E-state index >= 15 is 0 Å². The first-order chi connectivity index (χ1) is 6.73. The standard InChI is InChI=1S/C5H5NO8S/c7-3-1-2(15(11,12)13)4(8)6(3)14-5(9)10/h2H,1H2,(H,9,10)(H,11,12,13)/t2-/m1/s1. The van der Waals surface area contributed by atoms with E-state index in [2.05, 4.69) is 4.84 Å². The molecule has 1 aliphatic rings. The fourth-order valence-corrected chi connectivity index (χ4v) is 1.69. The minimum absolute atomic E-state index is 0.208. The number of imide groups is 1. The van der Waals surface area contributed by atoms with Crippen molar-refractivity contribution in [3.8, 4) is 0 Å². The van der Waals surface area contributed by atoms with Gasteiger partial charge in [-0.1, -0.05) is 5.06 Å². The normalized spacial score (nSPS) is 21.9. The Balaban J connectivity index is 2.94. The summed E-state index contributed by atoms with van der Waals surface area (Å²) >= 11 is 0. The van der Waals surface area contributed by atoms with Crippen molar-refractivity contribution in [2.24, 2.45) is 0 Å². The number of hydroxylamine groups is 2. The van der Waals surface area contributed by atoms with Crippen LogP contribution >= 0.6 is 0 Å². The van der Waals surface area contributed by atoms with Crippen LogP contribution in [0.3, 0.4) is 0 Å². The lowest BCUT2D eigenvalue weighted by molar-refractivity contribution is -0.175. The molecule has 1 aliphatic heterocycles. The van der Waals surface area contributed by atoms with Crippen molar-refractivity contribution >= 4 is 28.1 Å². The number of amides is 2. The van der Waals surface area contributed by atoms with Gasteiger partial charge in [0.05, 0.1) is 6.42 Å². The molecule has 0 spiro atoms. The first-order valence-electron chi connectivity index (χ1n) is 3.47. The van der Waals surface area contributed by atoms with Gasteiger partial charge in [-0.15, -0.1) is 0 Å². The summed E-state index contributed by atoms with van der Waals surface area (Å²) in [5.41, 5.74) is 0. The topological polar surface area (TPSA) is 138 Å². The lowest BCUT2D eigenvalue weighted by Gasteiger charge is -2.09. The summed E-state index contributed by atoms with van der Waals surface area (Å²) in [5.74, 6) is -2.57. The molecule has 10 heteroatoms. The summed E-state index contributed by atoms with van der Waals surface area (Å²) in [6.07, 6.45) is -2.78. The second-order valence-electron chi connectivity index (χ2n) is 2.59. The molecule has 1 heterocycles. The first kappa shape index (κ1) is 11.4. The summed E-state index contributed by atoms with van der Waals surface area (Å²) in [7, 11) is -4.74. The summed E-state index contributed by atoms with van der Waals surface area (Å²) in [6.45, 7) is 0. The van der Waals surface area contributed by atoms with E-state index in [4.69, 9.17) is 9.66 Å². The molecular formula is C5H5NO8S. The summed E-state index contributed by atoms with van der Waals surface area (Å²) in [6, 6.07) is 0. The zero-order chi connectivity index (χ0) is 11.8. The smallest absolute Gasteiger partial charge is 0.448 e. The van der Waals surface area contributed by atoms with Crippen LogP contribution in [0.5, 0.6) is 0 Å². The molecule has 1 rings (SSSR count). The zero-order valence-corrected chi connectivity index (χ0v) is 7.80. The SMILES string of the molecule is O=C(O)ON1C(=O)C[C@@H](S(=O)(=O)O)C1=O. The Kier molecular flexibility index (Phi) is 2.64. The molecule has 2 amide bonds. The molecule has 0 aromatic rings. The van der Waals surface area contributed by atoms with Gasteiger partial charge in [0, 0.05) is 0 Å². The quantitative estimate of drug-likeness (QED) is 0.443. The lowest BCUT2D eigenvalue weighted by Crippen LogP contribution is -2.36. The van der Waals surface area contributed by atoms with Crippen molar-refractivity contribution in [2.45, 2.75) is 11.7 Å². The molecule has 0 bridgehead atoms. The Labute approximate surface area is 82.9 Å². The largest absolute Gasteiger partial charge is 0.531 e. The maximum Gasteiger partial charge on any atom is 0.531 e. The van der Waals surface area contributed by atoms with Crippen LogP contribution in [-0.4, -0.2) is 46.4 Å². The third kappa shape index (κ3) is 2.22. The molecule has 1 fully saturated rings. The molecule has 0 unspecified atom stereocenters. The predicted molar refractivity (Wildman–Crippen MR) is 40.9 cm³/mol. The van der Waals surface area contributed by atoms with Gasteiger partial charge in [0.1, 0.15) is 0 Å². The summed E-state index contributed by atoms with van der Waals surface area (Å²) in [5, 5.41) is 5.91. The van der Waals surface area contributed by atoms with E-state index in [0.29, 0.717) is 0 Å². The molecule has 0 saturated carbocycles. The van der Waals surface area contributed by atoms with Crippen LogP contribution in [0.15, 0.2) is 0 Å².